The van der Waals surface area contributed by atoms with Gasteiger partial charge in [-0.05, 0) is 73.2 Å². The Bertz CT molecular complexity index is 1580. The molecule has 5 aromatic rings. The van der Waals surface area contributed by atoms with Gasteiger partial charge >= 0.3 is 6.18 Å². The average molecular weight is 520 g/mol. The number of nitrogens with one attached hydrogen (secondary N) is 4. The zero-order chi connectivity index (χ0) is 26.0. The molecular formula is C26H20F3N7S. The SMILES string of the molecule is Cc1ccc(NC(=S)Nc2cccc(C(F)(F)F)c2)cc1Nc1nc(-c2cccnc2)nc2cc[nH]c12. The summed E-state index contributed by atoms with van der Waals surface area (Å²) in [4.78, 5) is 16.6. The molecule has 37 heavy (non-hydrogen) atoms. The molecule has 4 N–H and O–H groups in total. The van der Waals surface area contributed by atoms with Crippen LogP contribution < -0.4 is 16.0 Å². The maximum absolute atomic E-state index is 13.0. The Hall–Kier alpha value is -4.51. The first-order chi connectivity index (χ1) is 17.8. The molecule has 0 saturated heterocycles. The van der Waals surface area contributed by atoms with E-state index in [1.165, 1.54) is 12.1 Å². The van der Waals surface area contributed by atoms with Crippen molar-refractivity contribution in [2.45, 2.75) is 13.1 Å². The lowest BCUT2D eigenvalue weighted by molar-refractivity contribution is -0.137. The normalized spacial score (nSPS) is 11.4. The zero-order valence-electron chi connectivity index (χ0n) is 19.4. The summed E-state index contributed by atoms with van der Waals surface area (Å²) in [5.41, 5.74) is 4.10. The van der Waals surface area contributed by atoms with Crippen molar-refractivity contribution in [3.05, 3.63) is 90.4 Å². The van der Waals surface area contributed by atoms with Crippen LogP contribution in [0.25, 0.3) is 22.4 Å². The van der Waals surface area contributed by atoms with E-state index < -0.39 is 11.7 Å². The number of anilines is 4. The molecule has 0 fully saturated rings. The first-order valence-electron chi connectivity index (χ1n) is 11.1. The van der Waals surface area contributed by atoms with Crippen LogP contribution in [0.4, 0.5) is 36.1 Å². The largest absolute Gasteiger partial charge is 0.416 e. The van der Waals surface area contributed by atoms with Gasteiger partial charge in [0.2, 0.25) is 0 Å². The summed E-state index contributed by atoms with van der Waals surface area (Å²) in [5, 5.41) is 9.34. The molecule has 0 saturated carbocycles. The molecule has 0 aliphatic carbocycles. The maximum atomic E-state index is 13.0. The fraction of sp³-hybridized carbons (Fsp3) is 0.0769. The van der Waals surface area contributed by atoms with Gasteiger partial charge in [0.05, 0.1) is 11.1 Å². The first-order valence-corrected chi connectivity index (χ1v) is 11.6. The van der Waals surface area contributed by atoms with Crippen molar-refractivity contribution in [1.82, 2.24) is 19.9 Å². The van der Waals surface area contributed by atoms with Crippen molar-refractivity contribution in [2.24, 2.45) is 0 Å². The first kappa shape index (κ1) is 24.2. The lowest BCUT2D eigenvalue weighted by atomic mass is 10.1. The fourth-order valence-corrected chi connectivity index (χ4v) is 3.92. The molecule has 0 aliphatic rings. The van der Waals surface area contributed by atoms with Gasteiger partial charge in [0, 0.05) is 41.2 Å². The highest BCUT2D eigenvalue weighted by atomic mass is 32.1. The second-order valence-corrected chi connectivity index (χ2v) is 8.60. The number of halogens is 3. The van der Waals surface area contributed by atoms with Crippen molar-refractivity contribution in [1.29, 1.82) is 0 Å². The number of benzene rings is 2. The summed E-state index contributed by atoms with van der Waals surface area (Å²) in [6.45, 7) is 1.94. The number of hydrogen-bond acceptors (Lipinski definition) is 5. The summed E-state index contributed by atoms with van der Waals surface area (Å²) in [5.74, 6) is 1.11. The number of alkyl halides is 3. The van der Waals surface area contributed by atoms with Gasteiger partial charge < -0.3 is 20.9 Å². The van der Waals surface area contributed by atoms with Gasteiger partial charge in [0.1, 0.15) is 5.52 Å². The summed E-state index contributed by atoms with van der Waals surface area (Å²) in [7, 11) is 0. The number of H-pyrrole nitrogens is 1. The molecule has 5 rings (SSSR count). The number of thiocarbonyl (C=S) groups is 1. The molecule has 0 unspecified atom stereocenters. The van der Waals surface area contributed by atoms with Crippen LogP contribution >= 0.6 is 12.2 Å². The zero-order valence-corrected chi connectivity index (χ0v) is 20.2. The highest BCUT2D eigenvalue weighted by Crippen LogP contribution is 2.31. The number of rotatable bonds is 5. The number of aryl methyl sites for hydroxylation is 1. The number of aromatic nitrogens is 4. The fourth-order valence-electron chi connectivity index (χ4n) is 3.69. The van der Waals surface area contributed by atoms with Gasteiger partial charge in [0.25, 0.3) is 0 Å². The predicted octanol–water partition coefficient (Wildman–Crippen LogP) is 6.90. The van der Waals surface area contributed by atoms with E-state index in [4.69, 9.17) is 17.2 Å². The van der Waals surface area contributed by atoms with Crippen molar-refractivity contribution < 1.29 is 13.2 Å². The molecule has 0 aliphatic heterocycles. The second kappa shape index (κ2) is 9.86. The summed E-state index contributed by atoms with van der Waals surface area (Å²) >= 11 is 5.33. The van der Waals surface area contributed by atoms with Gasteiger partial charge in [-0.25, -0.2) is 9.97 Å². The van der Waals surface area contributed by atoms with Gasteiger partial charge in [-0.3, -0.25) is 4.98 Å². The Morgan fingerprint density at radius 2 is 1.76 bits per heavy atom. The summed E-state index contributed by atoms with van der Waals surface area (Å²) in [6.07, 6.45) is 0.740. The molecule has 7 nitrogen and oxygen atoms in total. The Labute approximate surface area is 215 Å². The third-order valence-corrected chi connectivity index (χ3v) is 5.73. The minimum atomic E-state index is -4.44. The minimum Gasteiger partial charge on any atom is -0.357 e. The van der Waals surface area contributed by atoms with E-state index in [-0.39, 0.29) is 10.8 Å². The van der Waals surface area contributed by atoms with Crippen LogP contribution in [0.3, 0.4) is 0 Å². The van der Waals surface area contributed by atoms with Gasteiger partial charge in [-0.2, -0.15) is 13.2 Å². The molecule has 0 radical (unpaired) electrons. The van der Waals surface area contributed by atoms with E-state index >= 15 is 0 Å². The monoisotopic (exact) mass is 519 g/mol. The number of pyridine rings is 1. The predicted molar refractivity (Wildman–Crippen MR) is 143 cm³/mol. The van der Waals surface area contributed by atoms with E-state index in [2.05, 4.69) is 30.9 Å². The van der Waals surface area contributed by atoms with Crippen molar-refractivity contribution in [3.8, 4) is 11.4 Å². The van der Waals surface area contributed by atoms with E-state index in [0.29, 0.717) is 17.3 Å². The second-order valence-electron chi connectivity index (χ2n) is 8.19. The lowest BCUT2D eigenvalue weighted by Gasteiger charge is -2.15. The Kier molecular flexibility index (Phi) is 6.45. The number of hydrogen-bond donors (Lipinski definition) is 4. The number of nitrogens with zero attached hydrogens (tertiary/aromatic N) is 3. The van der Waals surface area contributed by atoms with E-state index in [0.717, 1.165) is 40.0 Å². The van der Waals surface area contributed by atoms with Crippen molar-refractivity contribution in [3.63, 3.8) is 0 Å². The van der Waals surface area contributed by atoms with Crippen LogP contribution in [0, 0.1) is 6.92 Å². The van der Waals surface area contributed by atoms with E-state index in [9.17, 15) is 13.2 Å². The molecule has 3 heterocycles. The summed E-state index contributed by atoms with van der Waals surface area (Å²) in [6, 6.07) is 16.0. The molecule has 3 aromatic heterocycles. The standard InChI is InChI=1S/C26H20F3N7S/c1-15-7-8-19(33-25(37)32-18-6-2-5-17(12-18)26(27,28)29)13-21(15)35-24-22-20(9-11-31-22)34-23(36-24)16-4-3-10-30-14-16/h2-14,31H,1H3,(H2,32,33,37)(H,34,35,36). The van der Waals surface area contributed by atoms with Crippen LogP contribution in [0.5, 0.6) is 0 Å². The van der Waals surface area contributed by atoms with Gasteiger partial charge in [0.15, 0.2) is 16.8 Å². The van der Waals surface area contributed by atoms with E-state index in [1.54, 1.807) is 18.6 Å². The quantitative estimate of drug-likeness (QED) is 0.188. The number of fused-ring (bicyclic) bond motifs is 1. The highest BCUT2D eigenvalue weighted by Gasteiger charge is 2.30. The highest BCUT2D eigenvalue weighted by molar-refractivity contribution is 7.80. The van der Waals surface area contributed by atoms with Crippen molar-refractivity contribution in [2.75, 3.05) is 16.0 Å². The van der Waals surface area contributed by atoms with Crippen LogP contribution in [0.1, 0.15) is 11.1 Å². The van der Waals surface area contributed by atoms with Crippen LogP contribution in [-0.4, -0.2) is 25.0 Å². The maximum Gasteiger partial charge on any atom is 0.416 e. The lowest BCUT2D eigenvalue weighted by Crippen LogP contribution is -2.19. The van der Waals surface area contributed by atoms with Gasteiger partial charge in [-0.1, -0.05) is 12.1 Å². The smallest absolute Gasteiger partial charge is 0.357 e. The third kappa shape index (κ3) is 5.51. The van der Waals surface area contributed by atoms with E-state index in [1.807, 2.05) is 43.3 Å². The molecule has 0 spiro atoms. The Balaban J connectivity index is 1.38. The molecule has 2 aromatic carbocycles. The number of aromatic amines is 1. The van der Waals surface area contributed by atoms with Crippen LogP contribution in [-0.2, 0) is 6.18 Å². The summed E-state index contributed by atoms with van der Waals surface area (Å²) < 4.78 is 39.0. The molecule has 0 atom stereocenters. The third-order valence-electron chi connectivity index (χ3n) is 5.52. The topological polar surface area (TPSA) is 90.5 Å². The van der Waals surface area contributed by atoms with Crippen LogP contribution in [0.2, 0.25) is 0 Å². The molecule has 0 bridgehead atoms. The molecule has 186 valence electrons. The van der Waals surface area contributed by atoms with Gasteiger partial charge in [-0.15, -0.1) is 0 Å². The Morgan fingerprint density at radius 3 is 2.51 bits per heavy atom. The van der Waals surface area contributed by atoms with Crippen molar-refractivity contribution >= 4 is 51.2 Å². The molecule has 0 amide bonds. The Morgan fingerprint density at radius 1 is 0.946 bits per heavy atom. The van der Waals surface area contributed by atoms with Crippen LogP contribution in [0.15, 0.2) is 79.3 Å². The minimum absolute atomic E-state index is 0.154. The molecular weight excluding hydrogens is 499 g/mol. The average Bonchev–Trinajstić information content (AvgIpc) is 3.35. The molecule has 11 heteroatoms.